The molecule has 0 aliphatic rings. The molecule has 0 aliphatic carbocycles. The molecule has 1 aromatic heterocycles. The number of ether oxygens (including phenoxy) is 3. The number of methoxy groups -OCH3 is 2. The molecule has 0 radical (unpaired) electrons. The summed E-state index contributed by atoms with van der Waals surface area (Å²) in [6.45, 7) is 1.16. The number of carbonyl (C=O) groups excluding carboxylic acids is 2. The van der Waals surface area contributed by atoms with Crippen molar-refractivity contribution in [2.45, 2.75) is 11.8 Å². The maximum atomic E-state index is 13.8. The van der Waals surface area contributed by atoms with E-state index >= 15 is 0 Å². The molecule has 0 aliphatic heterocycles. The Morgan fingerprint density at radius 3 is 2.42 bits per heavy atom. The third-order valence-electron chi connectivity index (χ3n) is 6.26. The van der Waals surface area contributed by atoms with Crippen LogP contribution in [-0.2, 0) is 19.6 Å². The van der Waals surface area contributed by atoms with Gasteiger partial charge in [-0.25, -0.2) is 18.6 Å². The number of nitrogens with one attached hydrogen (secondary N) is 1. The SMILES string of the molecule is CCOC(=O)c1ccc(-c2ccc(/C=N\NC(=O)CN(c3ccc(OC)cc3OC)S(=O)(=O)c3ccccc3[N+](=O)[O-])o2)cc1. The number of furan rings is 1. The molecule has 0 fully saturated rings. The summed E-state index contributed by atoms with van der Waals surface area (Å²) in [6.07, 6.45) is 1.21. The van der Waals surface area contributed by atoms with E-state index in [9.17, 15) is 28.1 Å². The summed E-state index contributed by atoms with van der Waals surface area (Å²) in [7, 11) is -1.98. The molecule has 1 heterocycles. The van der Waals surface area contributed by atoms with Crippen LogP contribution in [0.3, 0.4) is 0 Å². The zero-order chi connectivity index (χ0) is 32.6. The quantitative estimate of drug-likeness (QED) is 0.0957. The molecule has 0 saturated heterocycles. The molecular weight excluding hydrogens is 608 g/mol. The van der Waals surface area contributed by atoms with Crippen LogP contribution < -0.4 is 19.2 Å². The van der Waals surface area contributed by atoms with Gasteiger partial charge in [0.2, 0.25) is 0 Å². The molecule has 0 saturated carbocycles. The number of hydrogen-bond acceptors (Lipinski definition) is 11. The summed E-state index contributed by atoms with van der Waals surface area (Å²) < 4.78 is 49.6. The van der Waals surface area contributed by atoms with Gasteiger partial charge in [0, 0.05) is 17.7 Å². The Labute approximate surface area is 258 Å². The van der Waals surface area contributed by atoms with Gasteiger partial charge in [0.15, 0.2) is 4.90 Å². The number of hydrogen-bond donors (Lipinski definition) is 1. The predicted molar refractivity (Wildman–Crippen MR) is 163 cm³/mol. The van der Waals surface area contributed by atoms with Crippen molar-refractivity contribution in [3.8, 4) is 22.8 Å². The van der Waals surface area contributed by atoms with Crippen molar-refractivity contribution in [3.63, 3.8) is 0 Å². The number of rotatable bonds is 13. The second-order valence-electron chi connectivity index (χ2n) is 9.07. The highest BCUT2D eigenvalue weighted by molar-refractivity contribution is 7.93. The summed E-state index contributed by atoms with van der Waals surface area (Å²) in [5.41, 5.74) is 2.58. The first-order valence-electron chi connectivity index (χ1n) is 13.3. The van der Waals surface area contributed by atoms with Crippen LogP contribution in [0, 0.1) is 10.1 Å². The lowest BCUT2D eigenvalue weighted by Gasteiger charge is -2.25. The molecule has 14 nitrogen and oxygen atoms in total. The van der Waals surface area contributed by atoms with Gasteiger partial charge in [-0.1, -0.05) is 24.3 Å². The van der Waals surface area contributed by atoms with Crippen LogP contribution in [-0.4, -0.2) is 58.8 Å². The summed E-state index contributed by atoms with van der Waals surface area (Å²) >= 11 is 0. The third kappa shape index (κ3) is 7.45. The number of carbonyl (C=O) groups is 2. The van der Waals surface area contributed by atoms with Crippen molar-refractivity contribution >= 4 is 39.5 Å². The number of nitrogens with zero attached hydrogens (tertiary/aromatic N) is 3. The minimum atomic E-state index is -4.68. The highest BCUT2D eigenvalue weighted by atomic mass is 32.2. The van der Waals surface area contributed by atoms with Crippen molar-refractivity contribution in [3.05, 3.63) is 100 Å². The number of hydrazone groups is 1. The first-order valence-corrected chi connectivity index (χ1v) is 14.7. The molecule has 234 valence electrons. The van der Waals surface area contributed by atoms with Crippen molar-refractivity contribution in [2.75, 3.05) is 31.7 Å². The minimum Gasteiger partial charge on any atom is -0.497 e. The van der Waals surface area contributed by atoms with Gasteiger partial charge < -0.3 is 18.6 Å². The van der Waals surface area contributed by atoms with E-state index in [0.29, 0.717) is 26.9 Å². The van der Waals surface area contributed by atoms with E-state index in [1.54, 1.807) is 43.3 Å². The van der Waals surface area contributed by atoms with E-state index in [2.05, 4.69) is 10.5 Å². The maximum absolute atomic E-state index is 13.8. The Balaban J connectivity index is 1.56. The molecule has 4 rings (SSSR count). The van der Waals surface area contributed by atoms with Gasteiger partial charge in [0.25, 0.3) is 21.6 Å². The van der Waals surface area contributed by atoms with Crippen molar-refractivity contribution in [2.24, 2.45) is 5.10 Å². The first kappa shape index (κ1) is 32.2. The maximum Gasteiger partial charge on any atom is 0.338 e. The molecule has 3 aromatic carbocycles. The fourth-order valence-electron chi connectivity index (χ4n) is 4.13. The van der Waals surface area contributed by atoms with Crippen LogP contribution in [0.4, 0.5) is 11.4 Å². The van der Waals surface area contributed by atoms with Gasteiger partial charge in [-0.15, -0.1) is 0 Å². The van der Waals surface area contributed by atoms with Crippen molar-refractivity contribution in [1.29, 1.82) is 0 Å². The highest BCUT2D eigenvalue weighted by Gasteiger charge is 2.34. The second kappa shape index (κ2) is 14.2. The monoisotopic (exact) mass is 636 g/mol. The molecular formula is C30H28N4O10S. The molecule has 45 heavy (non-hydrogen) atoms. The Bertz CT molecular complexity index is 1840. The number of benzene rings is 3. The summed E-state index contributed by atoms with van der Waals surface area (Å²) in [6, 6.07) is 18.8. The highest BCUT2D eigenvalue weighted by Crippen LogP contribution is 2.37. The Morgan fingerprint density at radius 1 is 1.02 bits per heavy atom. The normalized spacial score (nSPS) is 11.2. The van der Waals surface area contributed by atoms with Crippen LogP contribution >= 0.6 is 0 Å². The number of anilines is 1. The van der Waals surface area contributed by atoms with E-state index in [1.807, 2.05) is 0 Å². The number of nitro benzene ring substituents is 1. The lowest BCUT2D eigenvalue weighted by molar-refractivity contribution is -0.387. The number of esters is 1. The van der Waals surface area contributed by atoms with Crippen molar-refractivity contribution in [1.82, 2.24) is 5.43 Å². The topological polar surface area (TPSA) is 180 Å². The van der Waals surface area contributed by atoms with E-state index in [1.165, 1.54) is 50.8 Å². The van der Waals surface area contributed by atoms with Gasteiger partial charge in [0.05, 0.1) is 43.2 Å². The zero-order valence-corrected chi connectivity index (χ0v) is 25.1. The standard InChI is InChI=1S/C30H28N4O10S/c1-4-43-30(36)21-11-9-20(10-12-21)26-16-14-23(44-26)18-31-32-29(35)19-33(24-15-13-22(41-2)17-27(24)42-3)45(39,40)28-8-6-5-7-25(28)34(37)38/h5-18H,4,19H2,1-3H3,(H,32,35)/b31-18-. The van der Waals surface area contributed by atoms with Gasteiger partial charge in [0.1, 0.15) is 29.6 Å². The van der Waals surface area contributed by atoms with Crippen LogP contribution in [0.25, 0.3) is 11.3 Å². The van der Waals surface area contributed by atoms with Crippen LogP contribution in [0.5, 0.6) is 11.5 Å². The van der Waals surface area contributed by atoms with Crippen LogP contribution in [0.15, 0.2) is 93.3 Å². The summed E-state index contributed by atoms with van der Waals surface area (Å²) in [4.78, 5) is 35.1. The molecule has 0 spiro atoms. The van der Waals surface area contributed by atoms with Crippen molar-refractivity contribution < 1.29 is 41.6 Å². The Kier molecular flexibility index (Phi) is 10.2. The molecule has 0 unspecified atom stereocenters. The van der Waals surface area contributed by atoms with Gasteiger partial charge >= 0.3 is 5.97 Å². The van der Waals surface area contributed by atoms with Crippen LogP contribution in [0.1, 0.15) is 23.0 Å². The Hall–Kier alpha value is -5.70. The van der Waals surface area contributed by atoms with Crippen LogP contribution in [0.2, 0.25) is 0 Å². The molecule has 1 amide bonds. The predicted octanol–water partition coefficient (Wildman–Crippen LogP) is 4.39. The molecule has 0 atom stereocenters. The first-order chi connectivity index (χ1) is 21.6. The van der Waals surface area contributed by atoms with Gasteiger partial charge in [-0.05, 0) is 49.4 Å². The number of nitro groups is 1. The lowest BCUT2D eigenvalue weighted by Crippen LogP contribution is -2.40. The number of para-hydroxylation sites is 1. The number of sulfonamides is 1. The number of amides is 1. The largest absolute Gasteiger partial charge is 0.497 e. The minimum absolute atomic E-state index is 0.0335. The van der Waals surface area contributed by atoms with E-state index < -0.39 is 44.0 Å². The fraction of sp³-hybridized carbons (Fsp3) is 0.167. The van der Waals surface area contributed by atoms with Gasteiger partial charge in [-0.3, -0.25) is 19.2 Å². The third-order valence-corrected chi connectivity index (χ3v) is 8.07. The average Bonchev–Trinajstić information content (AvgIpc) is 3.52. The zero-order valence-electron chi connectivity index (χ0n) is 24.3. The van der Waals surface area contributed by atoms with E-state index in [0.717, 1.165) is 12.1 Å². The van der Waals surface area contributed by atoms with E-state index in [4.69, 9.17) is 18.6 Å². The molecule has 4 aromatic rings. The molecule has 15 heteroatoms. The Morgan fingerprint density at radius 2 is 1.76 bits per heavy atom. The van der Waals surface area contributed by atoms with Gasteiger partial charge in [-0.2, -0.15) is 5.10 Å². The summed E-state index contributed by atoms with van der Waals surface area (Å²) in [5, 5.41) is 15.5. The molecule has 1 N–H and O–H groups in total. The fourth-order valence-corrected chi connectivity index (χ4v) is 5.72. The average molecular weight is 637 g/mol. The van der Waals surface area contributed by atoms with E-state index in [-0.39, 0.29) is 23.8 Å². The molecule has 0 bridgehead atoms. The smallest absolute Gasteiger partial charge is 0.338 e. The summed E-state index contributed by atoms with van der Waals surface area (Å²) in [5.74, 6) is -0.197. The second-order valence-corrected chi connectivity index (χ2v) is 10.9. The lowest BCUT2D eigenvalue weighted by atomic mass is 10.1.